The summed E-state index contributed by atoms with van der Waals surface area (Å²) in [6.07, 6.45) is 0.487. The molecule has 1 heterocycles. The van der Waals surface area contributed by atoms with Gasteiger partial charge in [-0.2, -0.15) is 0 Å². The number of aliphatic hydroxyl groups is 1. The van der Waals surface area contributed by atoms with Crippen LogP contribution in [0.4, 0.5) is 5.69 Å². The van der Waals surface area contributed by atoms with Crippen LogP contribution in [0.3, 0.4) is 0 Å². The molecule has 1 aromatic carbocycles. The second-order valence-electron chi connectivity index (χ2n) is 4.97. The van der Waals surface area contributed by atoms with Crippen molar-refractivity contribution in [3.8, 4) is 0 Å². The molecule has 5 N–H and O–H groups in total. The molecule has 0 spiro atoms. The quantitative estimate of drug-likeness (QED) is 0.582. The van der Waals surface area contributed by atoms with E-state index in [1.54, 1.807) is 24.3 Å². The average Bonchev–Trinajstić information content (AvgIpc) is 2.94. The lowest BCUT2D eigenvalue weighted by Crippen LogP contribution is -2.51. The molecule has 1 aromatic rings. The molecule has 7 nitrogen and oxygen atoms in total. The van der Waals surface area contributed by atoms with Crippen molar-refractivity contribution in [2.45, 2.75) is 12.0 Å². The Morgan fingerprint density at radius 3 is 2.62 bits per heavy atom. The maximum absolute atomic E-state index is 12.1. The Balaban J connectivity index is 1.96. The summed E-state index contributed by atoms with van der Waals surface area (Å²) in [5.41, 5.74) is 5.99. The van der Waals surface area contributed by atoms with Gasteiger partial charge in [0.2, 0.25) is 5.91 Å². The minimum Gasteiger partial charge on any atom is -0.395 e. The van der Waals surface area contributed by atoms with Gasteiger partial charge in [-0.05, 0) is 30.7 Å². The maximum atomic E-state index is 12.1. The van der Waals surface area contributed by atoms with E-state index < -0.39 is 5.54 Å². The van der Waals surface area contributed by atoms with Gasteiger partial charge >= 0.3 is 0 Å². The van der Waals surface area contributed by atoms with Crippen molar-refractivity contribution in [3.63, 3.8) is 0 Å². The van der Waals surface area contributed by atoms with Crippen LogP contribution in [0.15, 0.2) is 24.3 Å². The Labute approximate surface area is 122 Å². The highest BCUT2D eigenvalue weighted by Gasteiger charge is 2.38. The molecule has 2 rings (SSSR count). The van der Waals surface area contributed by atoms with Crippen LogP contribution in [-0.4, -0.2) is 48.8 Å². The van der Waals surface area contributed by atoms with Gasteiger partial charge in [-0.15, -0.1) is 0 Å². The fourth-order valence-corrected chi connectivity index (χ4v) is 1.99. The highest BCUT2D eigenvalue weighted by molar-refractivity contribution is 5.99. The van der Waals surface area contributed by atoms with Crippen LogP contribution in [0, 0.1) is 0 Å². The summed E-state index contributed by atoms with van der Waals surface area (Å²) >= 11 is 0. The molecule has 0 radical (unpaired) electrons. The molecule has 1 aliphatic heterocycles. The van der Waals surface area contributed by atoms with Crippen molar-refractivity contribution in [3.05, 3.63) is 29.8 Å². The van der Waals surface area contributed by atoms with Crippen molar-refractivity contribution < 1.29 is 19.4 Å². The zero-order valence-electron chi connectivity index (χ0n) is 11.6. The molecule has 1 unspecified atom stereocenters. The number of ether oxygens (including phenoxy) is 1. The first-order valence-corrected chi connectivity index (χ1v) is 6.72. The van der Waals surface area contributed by atoms with E-state index in [2.05, 4.69) is 10.6 Å². The number of hydrogen-bond acceptors (Lipinski definition) is 5. The number of nitrogens with two attached hydrogens (primary N) is 1. The SMILES string of the molecule is NC1(C(=O)Nc2ccc(C(=O)NCCO)cc2)CCOC1. The van der Waals surface area contributed by atoms with Gasteiger partial charge in [0.05, 0.1) is 13.2 Å². The number of anilines is 1. The number of hydrogen-bond donors (Lipinski definition) is 4. The van der Waals surface area contributed by atoms with Gasteiger partial charge in [0.15, 0.2) is 0 Å². The number of amides is 2. The highest BCUT2D eigenvalue weighted by atomic mass is 16.5. The summed E-state index contributed by atoms with van der Waals surface area (Å²) in [6, 6.07) is 6.45. The number of benzene rings is 1. The molecule has 1 atom stereocenters. The molecule has 1 fully saturated rings. The third-order valence-corrected chi connectivity index (χ3v) is 3.31. The van der Waals surface area contributed by atoms with E-state index in [-0.39, 0.29) is 31.6 Å². The third-order valence-electron chi connectivity index (χ3n) is 3.31. The standard InChI is InChI=1S/C14H19N3O4/c15-14(5-8-21-9-14)13(20)17-11-3-1-10(2-4-11)12(19)16-6-7-18/h1-4,18H,5-9,15H2,(H,16,19)(H,17,20). The van der Waals surface area contributed by atoms with E-state index in [4.69, 9.17) is 15.6 Å². The van der Waals surface area contributed by atoms with Crippen molar-refractivity contribution in [2.24, 2.45) is 5.73 Å². The minimum atomic E-state index is -0.989. The lowest BCUT2D eigenvalue weighted by atomic mass is 9.99. The molecule has 114 valence electrons. The highest BCUT2D eigenvalue weighted by Crippen LogP contribution is 2.18. The number of nitrogens with one attached hydrogen (secondary N) is 2. The minimum absolute atomic E-state index is 0.111. The Bertz CT molecular complexity index is 509. The zero-order chi connectivity index (χ0) is 15.3. The topological polar surface area (TPSA) is 114 Å². The summed E-state index contributed by atoms with van der Waals surface area (Å²) in [6.45, 7) is 0.780. The van der Waals surface area contributed by atoms with Crippen LogP contribution in [-0.2, 0) is 9.53 Å². The number of carbonyl (C=O) groups excluding carboxylic acids is 2. The van der Waals surface area contributed by atoms with Crippen LogP contribution in [0.5, 0.6) is 0 Å². The summed E-state index contributed by atoms with van der Waals surface area (Å²) in [5, 5.41) is 13.9. The maximum Gasteiger partial charge on any atom is 0.251 e. The Hall–Kier alpha value is -1.96. The van der Waals surface area contributed by atoms with Gasteiger partial charge in [-0.1, -0.05) is 0 Å². The molecule has 0 saturated carbocycles. The summed E-state index contributed by atoms with van der Waals surface area (Å²) in [5.74, 6) is -0.570. The summed E-state index contributed by atoms with van der Waals surface area (Å²) < 4.78 is 5.15. The number of rotatable bonds is 5. The Morgan fingerprint density at radius 1 is 1.33 bits per heavy atom. The Kier molecular flexibility index (Phi) is 4.89. The van der Waals surface area contributed by atoms with Crippen LogP contribution in [0.25, 0.3) is 0 Å². The first-order chi connectivity index (χ1) is 10.0. The molecule has 21 heavy (non-hydrogen) atoms. The van der Waals surface area contributed by atoms with Gasteiger partial charge in [-0.3, -0.25) is 9.59 Å². The molecule has 0 aromatic heterocycles. The van der Waals surface area contributed by atoms with Crippen molar-refractivity contribution >= 4 is 17.5 Å². The largest absolute Gasteiger partial charge is 0.395 e. The normalized spacial score (nSPS) is 21.0. The van der Waals surface area contributed by atoms with Crippen LogP contribution < -0.4 is 16.4 Å². The first kappa shape index (κ1) is 15.4. The third kappa shape index (κ3) is 3.78. The van der Waals surface area contributed by atoms with E-state index in [9.17, 15) is 9.59 Å². The first-order valence-electron chi connectivity index (χ1n) is 6.72. The molecule has 7 heteroatoms. The second-order valence-corrected chi connectivity index (χ2v) is 4.97. The molecule has 1 saturated heterocycles. The van der Waals surface area contributed by atoms with Gasteiger partial charge in [0.1, 0.15) is 5.54 Å². The van der Waals surface area contributed by atoms with Crippen molar-refractivity contribution in [2.75, 3.05) is 31.7 Å². The van der Waals surface area contributed by atoms with Crippen LogP contribution >= 0.6 is 0 Å². The molecule has 1 aliphatic rings. The predicted octanol–water partition coefficient (Wildman–Crippen LogP) is -0.535. The molecular formula is C14H19N3O4. The molecular weight excluding hydrogens is 274 g/mol. The van der Waals surface area contributed by atoms with E-state index in [0.717, 1.165) is 0 Å². The lowest BCUT2D eigenvalue weighted by molar-refractivity contribution is -0.121. The van der Waals surface area contributed by atoms with Crippen LogP contribution in [0.1, 0.15) is 16.8 Å². The van der Waals surface area contributed by atoms with Crippen molar-refractivity contribution in [1.29, 1.82) is 0 Å². The van der Waals surface area contributed by atoms with Crippen LogP contribution in [0.2, 0.25) is 0 Å². The smallest absolute Gasteiger partial charge is 0.251 e. The predicted molar refractivity (Wildman–Crippen MR) is 76.8 cm³/mol. The number of aliphatic hydroxyl groups excluding tert-OH is 1. The average molecular weight is 293 g/mol. The van der Waals surface area contributed by atoms with Gasteiger partial charge in [0, 0.05) is 24.4 Å². The van der Waals surface area contributed by atoms with E-state index in [1.807, 2.05) is 0 Å². The Morgan fingerprint density at radius 2 is 2.05 bits per heavy atom. The lowest BCUT2D eigenvalue weighted by Gasteiger charge is -2.20. The van der Waals surface area contributed by atoms with Gasteiger partial charge in [0.25, 0.3) is 5.91 Å². The zero-order valence-corrected chi connectivity index (χ0v) is 11.6. The van der Waals surface area contributed by atoms with Gasteiger partial charge in [-0.25, -0.2) is 0 Å². The van der Waals surface area contributed by atoms with E-state index in [0.29, 0.717) is 24.3 Å². The van der Waals surface area contributed by atoms with E-state index in [1.165, 1.54) is 0 Å². The van der Waals surface area contributed by atoms with Gasteiger partial charge < -0.3 is 26.2 Å². The van der Waals surface area contributed by atoms with E-state index >= 15 is 0 Å². The second kappa shape index (κ2) is 6.66. The summed E-state index contributed by atoms with van der Waals surface area (Å²) in [7, 11) is 0. The molecule has 0 bridgehead atoms. The monoisotopic (exact) mass is 293 g/mol. The summed E-state index contributed by atoms with van der Waals surface area (Å²) in [4.78, 5) is 23.7. The fraction of sp³-hybridized carbons (Fsp3) is 0.429. The fourth-order valence-electron chi connectivity index (χ4n) is 1.99. The number of carbonyl (C=O) groups is 2. The molecule has 0 aliphatic carbocycles. The van der Waals surface area contributed by atoms with Crippen molar-refractivity contribution in [1.82, 2.24) is 5.32 Å². The molecule has 2 amide bonds.